The normalized spacial score (nSPS) is 17.1. The smallest absolute Gasteiger partial charge is 0.224 e. The molecule has 0 saturated carbocycles. The highest BCUT2D eigenvalue weighted by Gasteiger charge is 2.28. The second-order valence-corrected chi connectivity index (χ2v) is 9.03. The molecule has 1 aliphatic heterocycles. The molecule has 0 radical (unpaired) electrons. The minimum Gasteiger partial charge on any atom is -0.338 e. The van der Waals surface area contributed by atoms with Crippen LogP contribution in [0.5, 0.6) is 0 Å². The van der Waals surface area contributed by atoms with Gasteiger partial charge in [0.1, 0.15) is 0 Å². The molecule has 2 aliphatic rings. The molecule has 1 amide bonds. The van der Waals surface area contributed by atoms with Gasteiger partial charge in [0.25, 0.3) is 0 Å². The van der Waals surface area contributed by atoms with Gasteiger partial charge in [-0.1, -0.05) is 20.8 Å². The van der Waals surface area contributed by atoms with Crippen molar-refractivity contribution in [3.8, 4) is 0 Å². The van der Waals surface area contributed by atoms with Crippen LogP contribution in [-0.2, 0) is 24.2 Å². The first-order valence-electron chi connectivity index (χ1n) is 9.84. The van der Waals surface area contributed by atoms with E-state index in [2.05, 4.69) is 42.8 Å². The fourth-order valence-corrected chi connectivity index (χ4v) is 4.52. The zero-order valence-electron chi connectivity index (χ0n) is 16.1. The molecule has 1 aromatic heterocycles. The van der Waals surface area contributed by atoms with E-state index in [0.29, 0.717) is 18.6 Å². The summed E-state index contributed by atoms with van der Waals surface area (Å²) in [5.41, 5.74) is 5.48. The van der Waals surface area contributed by atoms with Gasteiger partial charge in [-0.2, -0.15) is 0 Å². The predicted molar refractivity (Wildman–Crippen MR) is 105 cm³/mol. The Balaban J connectivity index is 1.80. The number of aromatic nitrogens is 1. The van der Waals surface area contributed by atoms with Crippen LogP contribution >= 0.6 is 0 Å². The summed E-state index contributed by atoms with van der Waals surface area (Å²) in [7, 11) is 0. The molecule has 4 rings (SSSR count). The topological polar surface area (TPSA) is 51.1 Å². The van der Waals surface area contributed by atoms with Gasteiger partial charge in [-0.3, -0.25) is 9.59 Å². The van der Waals surface area contributed by atoms with Crippen LogP contribution in [0.4, 0.5) is 5.69 Å². The zero-order chi connectivity index (χ0) is 18.5. The number of carbonyl (C=O) groups is 2. The van der Waals surface area contributed by atoms with Crippen molar-refractivity contribution in [1.82, 2.24) is 4.57 Å². The minimum atomic E-state index is -0.0325. The number of carbonyl (C=O) groups excluding carboxylic acids is 2. The SMILES string of the molecule is CC(C)(C)CC(=O)Nc1cc2c3c(c1)c1c(n3CCC2)C(=O)CCCC1. The number of hydrogen-bond donors (Lipinski definition) is 1. The van der Waals surface area contributed by atoms with E-state index in [1.165, 1.54) is 22.0 Å². The molecule has 0 saturated heterocycles. The van der Waals surface area contributed by atoms with Gasteiger partial charge in [-0.05, 0) is 60.8 Å². The number of amides is 1. The molecule has 1 aliphatic carbocycles. The lowest BCUT2D eigenvalue weighted by molar-refractivity contribution is -0.117. The van der Waals surface area contributed by atoms with Crippen molar-refractivity contribution in [2.24, 2.45) is 5.41 Å². The van der Waals surface area contributed by atoms with Crippen molar-refractivity contribution in [2.45, 2.75) is 72.3 Å². The van der Waals surface area contributed by atoms with Crippen LogP contribution in [0.25, 0.3) is 10.9 Å². The molecule has 138 valence electrons. The first-order valence-corrected chi connectivity index (χ1v) is 9.84. The van der Waals surface area contributed by atoms with Gasteiger partial charge in [-0.15, -0.1) is 0 Å². The highest BCUT2D eigenvalue weighted by molar-refractivity contribution is 6.05. The van der Waals surface area contributed by atoms with Crippen molar-refractivity contribution in [1.29, 1.82) is 0 Å². The Morgan fingerprint density at radius 2 is 1.88 bits per heavy atom. The maximum atomic E-state index is 12.7. The van der Waals surface area contributed by atoms with Crippen LogP contribution in [0, 0.1) is 5.41 Å². The van der Waals surface area contributed by atoms with Gasteiger partial charge in [0.2, 0.25) is 5.91 Å². The summed E-state index contributed by atoms with van der Waals surface area (Å²) >= 11 is 0. The van der Waals surface area contributed by atoms with E-state index < -0.39 is 0 Å². The summed E-state index contributed by atoms with van der Waals surface area (Å²) in [5.74, 6) is 0.348. The summed E-state index contributed by atoms with van der Waals surface area (Å²) in [6.07, 6.45) is 6.22. The van der Waals surface area contributed by atoms with E-state index in [1.54, 1.807) is 0 Å². The van der Waals surface area contributed by atoms with Crippen LogP contribution in [0.1, 0.15) is 74.5 Å². The Morgan fingerprint density at radius 1 is 1.12 bits per heavy atom. The Labute approximate surface area is 155 Å². The summed E-state index contributed by atoms with van der Waals surface area (Å²) in [4.78, 5) is 25.1. The molecule has 4 nitrogen and oxygen atoms in total. The van der Waals surface area contributed by atoms with Crippen LogP contribution in [0.15, 0.2) is 12.1 Å². The number of rotatable bonds is 2. The van der Waals surface area contributed by atoms with E-state index in [9.17, 15) is 9.59 Å². The van der Waals surface area contributed by atoms with E-state index >= 15 is 0 Å². The second kappa shape index (κ2) is 6.26. The van der Waals surface area contributed by atoms with E-state index in [1.807, 2.05) is 0 Å². The number of aryl methyl sites for hydroxylation is 3. The lowest BCUT2D eigenvalue weighted by atomic mass is 9.92. The van der Waals surface area contributed by atoms with Crippen molar-refractivity contribution < 1.29 is 9.59 Å². The van der Waals surface area contributed by atoms with Crippen LogP contribution in [0.2, 0.25) is 0 Å². The maximum Gasteiger partial charge on any atom is 0.224 e. The number of nitrogens with one attached hydrogen (secondary N) is 1. The number of ketones is 1. The van der Waals surface area contributed by atoms with Crippen LogP contribution in [0.3, 0.4) is 0 Å². The molecule has 1 N–H and O–H groups in total. The van der Waals surface area contributed by atoms with Gasteiger partial charge in [-0.25, -0.2) is 0 Å². The maximum absolute atomic E-state index is 12.7. The molecule has 0 unspecified atom stereocenters. The number of nitrogens with zero attached hydrogens (tertiary/aromatic N) is 1. The predicted octanol–water partition coefficient (Wildman–Crippen LogP) is 4.87. The Bertz CT molecular complexity index is 899. The lowest BCUT2D eigenvalue weighted by Crippen LogP contribution is -2.20. The molecule has 26 heavy (non-hydrogen) atoms. The van der Waals surface area contributed by atoms with Crippen molar-refractivity contribution in [3.63, 3.8) is 0 Å². The third kappa shape index (κ3) is 3.06. The standard InChI is InChI=1S/C22H28N2O2/c1-22(2,3)13-19(26)23-15-11-14-7-6-10-24-20(14)17(12-15)16-8-4-5-9-18(25)21(16)24/h11-12H,4-10,13H2,1-3H3,(H,23,26). The highest BCUT2D eigenvalue weighted by atomic mass is 16.1. The van der Waals surface area contributed by atoms with E-state index in [4.69, 9.17) is 0 Å². The Kier molecular flexibility index (Phi) is 4.17. The van der Waals surface area contributed by atoms with Gasteiger partial charge in [0.05, 0.1) is 11.2 Å². The number of anilines is 1. The first-order chi connectivity index (χ1) is 12.3. The zero-order valence-corrected chi connectivity index (χ0v) is 16.1. The van der Waals surface area contributed by atoms with Gasteiger partial charge in [0.15, 0.2) is 5.78 Å². The quantitative estimate of drug-likeness (QED) is 0.784. The van der Waals surface area contributed by atoms with Crippen LogP contribution < -0.4 is 5.32 Å². The molecule has 0 bridgehead atoms. The van der Waals surface area contributed by atoms with Crippen molar-refractivity contribution in [2.75, 3.05) is 5.32 Å². The molecule has 2 aromatic rings. The largest absolute Gasteiger partial charge is 0.338 e. The third-order valence-electron chi connectivity index (χ3n) is 5.49. The molecule has 4 heteroatoms. The monoisotopic (exact) mass is 352 g/mol. The molecular formula is C22H28N2O2. The van der Waals surface area contributed by atoms with E-state index in [0.717, 1.165) is 50.0 Å². The minimum absolute atomic E-state index is 0.0325. The molecule has 2 heterocycles. The highest BCUT2D eigenvalue weighted by Crippen LogP contribution is 2.38. The Morgan fingerprint density at radius 3 is 2.65 bits per heavy atom. The average Bonchev–Trinajstić information content (AvgIpc) is 2.72. The summed E-state index contributed by atoms with van der Waals surface area (Å²) in [6.45, 7) is 7.15. The molecule has 0 atom stereocenters. The van der Waals surface area contributed by atoms with Crippen molar-refractivity contribution in [3.05, 3.63) is 29.0 Å². The van der Waals surface area contributed by atoms with Crippen molar-refractivity contribution >= 4 is 28.3 Å². The fraction of sp³-hybridized carbons (Fsp3) is 0.545. The fourth-order valence-electron chi connectivity index (χ4n) is 4.52. The van der Waals surface area contributed by atoms with Gasteiger partial charge in [0, 0.05) is 30.5 Å². The summed E-state index contributed by atoms with van der Waals surface area (Å²) < 4.78 is 2.26. The first kappa shape index (κ1) is 17.3. The molecular weight excluding hydrogens is 324 g/mol. The van der Waals surface area contributed by atoms with Crippen LogP contribution in [-0.4, -0.2) is 16.3 Å². The van der Waals surface area contributed by atoms with E-state index in [-0.39, 0.29) is 11.3 Å². The number of benzene rings is 1. The number of fused-ring (bicyclic) bond motifs is 3. The average molecular weight is 352 g/mol. The third-order valence-corrected chi connectivity index (χ3v) is 5.49. The molecule has 0 spiro atoms. The van der Waals surface area contributed by atoms with Gasteiger partial charge >= 0.3 is 0 Å². The van der Waals surface area contributed by atoms with Gasteiger partial charge < -0.3 is 9.88 Å². The summed E-state index contributed by atoms with van der Waals surface area (Å²) in [5, 5.41) is 4.28. The number of hydrogen-bond acceptors (Lipinski definition) is 2. The lowest BCUT2D eigenvalue weighted by Gasteiger charge is -2.20. The molecule has 0 fully saturated rings. The summed E-state index contributed by atoms with van der Waals surface area (Å²) in [6, 6.07) is 4.21. The molecule has 1 aromatic carbocycles. The Hall–Kier alpha value is -2.10. The number of Topliss-reactive ketones (excluding diaryl/α,β-unsaturated/α-hetero) is 1. The second-order valence-electron chi connectivity index (χ2n) is 9.03.